The van der Waals surface area contributed by atoms with Crippen LogP contribution in [0, 0.1) is 6.92 Å². The van der Waals surface area contributed by atoms with Gasteiger partial charge in [0.15, 0.2) is 0 Å². The Morgan fingerprint density at radius 2 is 1.88 bits per heavy atom. The standard InChI is InChI=1S/C21H21F2NO2/c1-13-4-3-5-17-19(13)16-7-6-14(20(25)26-2)12-18(16)24(17)15-8-10-21(22,23)11-9-15/h3-7,12,15H,8-11H2,1-2H3. The number of esters is 1. The number of halogens is 2. The van der Waals surface area contributed by atoms with Crippen LogP contribution in [0.2, 0.25) is 0 Å². The predicted molar refractivity (Wildman–Crippen MR) is 98.0 cm³/mol. The summed E-state index contributed by atoms with van der Waals surface area (Å²) in [6.45, 7) is 2.05. The van der Waals surface area contributed by atoms with E-state index >= 15 is 0 Å². The normalized spacial score (nSPS) is 17.7. The van der Waals surface area contributed by atoms with Crippen LogP contribution in [0.25, 0.3) is 21.8 Å². The molecule has 1 fully saturated rings. The second kappa shape index (κ2) is 6.08. The van der Waals surface area contributed by atoms with Crippen molar-refractivity contribution in [2.24, 2.45) is 0 Å². The second-order valence-electron chi connectivity index (χ2n) is 7.15. The fraction of sp³-hybridized carbons (Fsp3) is 0.381. The van der Waals surface area contributed by atoms with Crippen LogP contribution in [0.3, 0.4) is 0 Å². The maximum atomic E-state index is 13.7. The molecule has 2 aromatic carbocycles. The van der Waals surface area contributed by atoms with Gasteiger partial charge in [-0.05, 0) is 43.5 Å². The van der Waals surface area contributed by atoms with Crippen molar-refractivity contribution in [3.8, 4) is 0 Å². The number of nitrogens with zero attached hydrogens (tertiary/aromatic N) is 1. The number of ether oxygens (including phenoxy) is 1. The van der Waals surface area contributed by atoms with Gasteiger partial charge in [-0.25, -0.2) is 13.6 Å². The number of alkyl halides is 2. The van der Waals surface area contributed by atoms with Gasteiger partial charge in [0.05, 0.1) is 18.2 Å². The van der Waals surface area contributed by atoms with Gasteiger partial charge in [0.25, 0.3) is 0 Å². The van der Waals surface area contributed by atoms with Crippen LogP contribution in [-0.4, -0.2) is 23.6 Å². The van der Waals surface area contributed by atoms with Crippen LogP contribution in [0.1, 0.15) is 47.6 Å². The van der Waals surface area contributed by atoms with Crippen molar-refractivity contribution in [3.63, 3.8) is 0 Å². The van der Waals surface area contributed by atoms with Gasteiger partial charge < -0.3 is 9.30 Å². The lowest BCUT2D eigenvalue weighted by atomic mass is 9.92. The topological polar surface area (TPSA) is 31.2 Å². The molecule has 0 atom stereocenters. The second-order valence-corrected chi connectivity index (χ2v) is 7.15. The summed E-state index contributed by atoms with van der Waals surface area (Å²) in [5.41, 5.74) is 3.56. The molecule has 0 N–H and O–H groups in total. The summed E-state index contributed by atoms with van der Waals surface area (Å²) in [6.07, 6.45) is 0.674. The lowest BCUT2D eigenvalue weighted by molar-refractivity contribution is -0.0432. The highest BCUT2D eigenvalue weighted by Crippen LogP contribution is 2.43. The van der Waals surface area contributed by atoms with Crippen molar-refractivity contribution in [1.29, 1.82) is 0 Å². The Hall–Kier alpha value is -2.43. The van der Waals surface area contributed by atoms with Gasteiger partial charge in [0.2, 0.25) is 5.92 Å². The number of fused-ring (bicyclic) bond motifs is 3. The molecule has 5 heteroatoms. The van der Waals surface area contributed by atoms with Gasteiger partial charge in [0, 0.05) is 35.2 Å². The minimum Gasteiger partial charge on any atom is -0.465 e. The summed E-state index contributed by atoms with van der Waals surface area (Å²) in [5.74, 6) is -2.96. The van der Waals surface area contributed by atoms with Crippen molar-refractivity contribution in [2.45, 2.75) is 44.6 Å². The molecule has 0 unspecified atom stereocenters. The Kier molecular flexibility index (Phi) is 3.98. The molecule has 0 radical (unpaired) electrons. The van der Waals surface area contributed by atoms with Crippen molar-refractivity contribution in [2.75, 3.05) is 7.11 Å². The smallest absolute Gasteiger partial charge is 0.337 e. The van der Waals surface area contributed by atoms with Crippen LogP contribution in [-0.2, 0) is 4.74 Å². The lowest BCUT2D eigenvalue weighted by Crippen LogP contribution is -2.26. The lowest BCUT2D eigenvalue weighted by Gasteiger charge is -2.30. The molecular weight excluding hydrogens is 336 g/mol. The number of benzene rings is 2. The molecule has 136 valence electrons. The quantitative estimate of drug-likeness (QED) is 0.556. The number of aryl methyl sites for hydroxylation is 1. The number of rotatable bonds is 2. The molecule has 1 aliphatic carbocycles. The van der Waals surface area contributed by atoms with Crippen LogP contribution in [0.5, 0.6) is 0 Å². The predicted octanol–water partition coefficient (Wildman–Crippen LogP) is 5.64. The molecule has 0 bridgehead atoms. The van der Waals surface area contributed by atoms with Crippen molar-refractivity contribution < 1.29 is 18.3 Å². The first kappa shape index (κ1) is 17.0. The minimum absolute atomic E-state index is 0.00400. The van der Waals surface area contributed by atoms with Gasteiger partial charge >= 0.3 is 5.97 Å². The zero-order chi connectivity index (χ0) is 18.5. The Morgan fingerprint density at radius 1 is 1.15 bits per heavy atom. The van der Waals surface area contributed by atoms with Gasteiger partial charge in [0.1, 0.15) is 0 Å². The number of carbonyl (C=O) groups excluding carboxylic acids is 1. The van der Waals surface area contributed by atoms with Crippen LogP contribution in [0.4, 0.5) is 8.78 Å². The molecule has 0 aliphatic heterocycles. The van der Waals surface area contributed by atoms with E-state index in [9.17, 15) is 13.6 Å². The number of carbonyl (C=O) groups is 1. The van der Waals surface area contributed by atoms with E-state index in [4.69, 9.17) is 4.74 Å². The summed E-state index contributed by atoms with van der Waals surface area (Å²) >= 11 is 0. The molecule has 1 heterocycles. The number of hydrogen-bond donors (Lipinski definition) is 0. The highest BCUT2D eigenvalue weighted by molar-refractivity contribution is 6.11. The van der Waals surface area contributed by atoms with Crippen LogP contribution >= 0.6 is 0 Å². The number of hydrogen-bond acceptors (Lipinski definition) is 2. The van der Waals surface area contributed by atoms with Gasteiger partial charge in [-0.3, -0.25) is 0 Å². The molecule has 1 aliphatic rings. The van der Waals surface area contributed by atoms with E-state index in [-0.39, 0.29) is 18.9 Å². The molecular formula is C21H21F2NO2. The summed E-state index contributed by atoms with van der Waals surface area (Å²) in [6, 6.07) is 11.6. The largest absolute Gasteiger partial charge is 0.465 e. The highest BCUT2D eigenvalue weighted by Gasteiger charge is 2.36. The molecule has 3 aromatic rings. The van der Waals surface area contributed by atoms with E-state index in [2.05, 4.69) is 17.6 Å². The van der Waals surface area contributed by atoms with Gasteiger partial charge in [-0.1, -0.05) is 18.2 Å². The molecule has 1 saturated carbocycles. The summed E-state index contributed by atoms with van der Waals surface area (Å²) < 4.78 is 34.3. The fourth-order valence-electron chi connectivity index (χ4n) is 4.20. The van der Waals surface area contributed by atoms with Crippen LogP contribution in [0.15, 0.2) is 36.4 Å². The first-order valence-electron chi connectivity index (χ1n) is 8.91. The minimum atomic E-state index is -2.57. The average molecular weight is 357 g/mol. The first-order chi connectivity index (χ1) is 12.4. The summed E-state index contributed by atoms with van der Waals surface area (Å²) in [5, 5.41) is 2.17. The van der Waals surface area contributed by atoms with Gasteiger partial charge in [-0.2, -0.15) is 0 Å². The zero-order valence-electron chi connectivity index (χ0n) is 14.9. The third-order valence-corrected chi connectivity index (χ3v) is 5.51. The van der Waals surface area contributed by atoms with Crippen molar-refractivity contribution in [1.82, 2.24) is 4.57 Å². The summed E-state index contributed by atoms with van der Waals surface area (Å²) in [7, 11) is 1.36. The summed E-state index contributed by atoms with van der Waals surface area (Å²) in [4.78, 5) is 12.0. The Balaban J connectivity index is 1.96. The van der Waals surface area contributed by atoms with E-state index in [0.29, 0.717) is 18.4 Å². The SMILES string of the molecule is COC(=O)c1ccc2c3c(C)cccc3n(C3CCC(F)(F)CC3)c2c1. The first-order valence-corrected chi connectivity index (χ1v) is 8.91. The van der Waals surface area contributed by atoms with Crippen molar-refractivity contribution in [3.05, 3.63) is 47.5 Å². The Labute approximate surface area is 150 Å². The van der Waals surface area contributed by atoms with Crippen molar-refractivity contribution >= 4 is 27.8 Å². The zero-order valence-corrected chi connectivity index (χ0v) is 14.9. The Morgan fingerprint density at radius 3 is 2.58 bits per heavy atom. The van der Waals surface area contributed by atoms with Crippen LogP contribution < -0.4 is 0 Å². The van der Waals surface area contributed by atoms with E-state index in [1.807, 2.05) is 24.3 Å². The third-order valence-electron chi connectivity index (χ3n) is 5.51. The number of aromatic nitrogens is 1. The van der Waals surface area contributed by atoms with E-state index in [1.165, 1.54) is 7.11 Å². The molecule has 0 saturated heterocycles. The molecule has 3 nitrogen and oxygen atoms in total. The molecule has 26 heavy (non-hydrogen) atoms. The molecule has 0 amide bonds. The average Bonchev–Trinajstić information content (AvgIpc) is 2.96. The van der Waals surface area contributed by atoms with E-state index in [0.717, 1.165) is 27.4 Å². The van der Waals surface area contributed by atoms with Gasteiger partial charge in [-0.15, -0.1) is 0 Å². The number of methoxy groups -OCH3 is 1. The Bertz CT molecular complexity index is 996. The third kappa shape index (κ3) is 2.66. The highest BCUT2D eigenvalue weighted by atomic mass is 19.3. The maximum absolute atomic E-state index is 13.7. The monoisotopic (exact) mass is 357 g/mol. The van der Waals surface area contributed by atoms with E-state index < -0.39 is 11.9 Å². The molecule has 1 aromatic heterocycles. The fourth-order valence-corrected chi connectivity index (χ4v) is 4.20. The molecule has 0 spiro atoms. The van der Waals surface area contributed by atoms with E-state index in [1.54, 1.807) is 6.07 Å². The molecule has 4 rings (SSSR count). The maximum Gasteiger partial charge on any atom is 0.337 e.